The lowest BCUT2D eigenvalue weighted by Crippen LogP contribution is -2.56. The van der Waals surface area contributed by atoms with Gasteiger partial charge in [-0.05, 0) is 62.4 Å². The SMILES string of the molecule is CC(NC(=O)C(CCCCN)NC(=O)C(N)Cc1ccc(O)cc1)C(=O)NC(Cc1ccccc1)C(=O)O. The number of carboxylic acids is 1. The number of nitrogens with one attached hydrogen (secondary N) is 3. The van der Waals surface area contributed by atoms with Gasteiger partial charge in [-0.15, -0.1) is 0 Å². The summed E-state index contributed by atoms with van der Waals surface area (Å²) in [5.41, 5.74) is 13.1. The number of nitrogens with two attached hydrogens (primary N) is 2. The van der Waals surface area contributed by atoms with Gasteiger partial charge in [0.1, 0.15) is 23.9 Å². The van der Waals surface area contributed by atoms with Gasteiger partial charge in [-0.2, -0.15) is 0 Å². The van der Waals surface area contributed by atoms with Gasteiger partial charge in [0.25, 0.3) is 0 Å². The fourth-order valence-electron chi connectivity index (χ4n) is 3.75. The van der Waals surface area contributed by atoms with Crippen molar-refractivity contribution in [3.63, 3.8) is 0 Å². The molecule has 38 heavy (non-hydrogen) atoms. The van der Waals surface area contributed by atoms with Gasteiger partial charge >= 0.3 is 5.97 Å². The third kappa shape index (κ3) is 10.2. The molecule has 0 aromatic heterocycles. The summed E-state index contributed by atoms with van der Waals surface area (Å²) in [6.45, 7) is 1.85. The lowest BCUT2D eigenvalue weighted by Gasteiger charge is -2.23. The summed E-state index contributed by atoms with van der Waals surface area (Å²) in [5.74, 6) is -2.91. The maximum absolute atomic E-state index is 13.0. The van der Waals surface area contributed by atoms with Crippen molar-refractivity contribution >= 4 is 23.7 Å². The van der Waals surface area contributed by atoms with Crippen molar-refractivity contribution < 1.29 is 29.4 Å². The van der Waals surface area contributed by atoms with E-state index in [-0.39, 0.29) is 25.0 Å². The molecule has 0 saturated heterocycles. The second kappa shape index (κ2) is 15.3. The van der Waals surface area contributed by atoms with Crippen LogP contribution in [-0.2, 0) is 32.0 Å². The van der Waals surface area contributed by atoms with Crippen molar-refractivity contribution in [1.29, 1.82) is 0 Å². The van der Waals surface area contributed by atoms with Crippen LogP contribution in [0.5, 0.6) is 5.75 Å². The third-order valence-electron chi connectivity index (χ3n) is 5.96. The highest BCUT2D eigenvalue weighted by atomic mass is 16.4. The van der Waals surface area contributed by atoms with Crippen LogP contribution < -0.4 is 27.4 Å². The number of amides is 3. The maximum Gasteiger partial charge on any atom is 0.326 e. The zero-order valence-corrected chi connectivity index (χ0v) is 21.4. The number of benzene rings is 2. The molecule has 2 aromatic carbocycles. The highest BCUT2D eigenvalue weighted by Crippen LogP contribution is 2.11. The number of carboxylic acid groups (broad SMARTS) is 1. The van der Waals surface area contributed by atoms with Crippen molar-refractivity contribution in [3.8, 4) is 5.75 Å². The minimum absolute atomic E-state index is 0.0826. The Kier molecular flexibility index (Phi) is 12.2. The number of carbonyl (C=O) groups is 4. The Bertz CT molecular complexity index is 1060. The molecule has 2 aromatic rings. The van der Waals surface area contributed by atoms with Crippen LogP contribution in [0.2, 0.25) is 0 Å². The lowest BCUT2D eigenvalue weighted by atomic mass is 10.0. The van der Waals surface area contributed by atoms with E-state index in [2.05, 4.69) is 16.0 Å². The van der Waals surface area contributed by atoms with Gasteiger partial charge in [0, 0.05) is 6.42 Å². The van der Waals surface area contributed by atoms with Gasteiger partial charge in [-0.1, -0.05) is 42.5 Å². The van der Waals surface area contributed by atoms with Crippen LogP contribution in [0.1, 0.15) is 37.3 Å². The molecule has 9 N–H and O–H groups in total. The Balaban J connectivity index is 1.99. The molecular formula is C27H37N5O6. The Morgan fingerprint density at radius 1 is 0.789 bits per heavy atom. The Labute approximate surface area is 222 Å². The maximum atomic E-state index is 13.0. The molecule has 0 radical (unpaired) electrons. The Morgan fingerprint density at radius 2 is 1.39 bits per heavy atom. The van der Waals surface area contributed by atoms with Crippen LogP contribution in [0.3, 0.4) is 0 Å². The molecule has 0 aliphatic heterocycles. The predicted octanol–water partition coefficient (Wildman–Crippen LogP) is 0.193. The van der Waals surface area contributed by atoms with Crippen LogP contribution in [0, 0.1) is 0 Å². The van der Waals surface area contributed by atoms with Gasteiger partial charge in [0.05, 0.1) is 6.04 Å². The van der Waals surface area contributed by atoms with Gasteiger partial charge in [0.2, 0.25) is 17.7 Å². The first-order valence-corrected chi connectivity index (χ1v) is 12.5. The van der Waals surface area contributed by atoms with Crippen molar-refractivity contribution in [2.45, 2.75) is 63.2 Å². The van der Waals surface area contributed by atoms with E-state index < -0.39 is 47.9 Å². The van der Waals surface area contributed by atoms with E-state index in [9.17, 15) is 29.4 Å². The van der Waals surface area contributed by atoms with Crippen LogP contribution in [0.4, 0.5) is 0 Å². The van der Waals surface area contributed by atoms with Crippen LogP contribution in [0.25, 0.3) is 0 Å². The van der Waals surface area contributed by atoms with E-state index in [1.807, 2.05) is 0 Å². The summed E-state index contributed by atoms with van der Waals surface area (Å²) in [6, 6.07) is 11.0. The molecule has 0 fully saturated rings. The molecule has 0 aliphatic carbocycles. The standard InChI is InChI=1S/C27H37N5O6/c1-17(24(34)32-23(27(37)38)16-18-7-3-2-4-8-18)30-26(36)22(9-5-6-14-28)31-25(35)21(29)15-19-10-12-20(33)13-11-19/h2-4,7-8,10-13,17,21-23,33H,5-6,9,14-16,28-29H2,1H3,(H,30,36)(H,31,35)(H,32,34)(H,37,38). The normalized spacial score (nSPS) is 14.0. The molecule has 3 amide bonds. The minimum Gasteiger partial charge on any atom is -0.508 e. The van der Waals surface area contributed by atoms with Crippen LogP contribution in [-0.4, -0.2) is 64.6 Å². The number of phenols is 1. The summed E-state index contributed by atoms with van der Waals surface area (Å²) in [6.07, 6.45) is 1.75. The molecule has 0 heterocycles. The Hall–Kier alpha value is -3.96. The van der Waals surface area contributed by atoms with E-state index in [1.165, 1.54) is 19.1 Å². The molecular weight excluding hydrogens is 490 g/mol. The average Bonchev–Trinajstić information content (AvgIpc) is 2.89. The zero-order valence-electron chi connectivity index (χ0n) is 21.4. The molecule has 0 spiro atoms. The van der Waals surface area contributed by atoms with Crippen molar-refractivity contribution in [2.75, 3.05) is 6.54 Å². The van der Waals surface area contributed by atoms with Gasteiger partial charge in [-0.3, -0.25) is 14.4 Å². The first-order valence-electron chi connectivity index (χ1n) is 12.5. The number of carbonyl (C=O) groups excluding carboxylic acids is 3. The molecule has 206 valence electrons. The number of aliphatic carboxylic acids is 1. The van der Waals surface area contributed by atoms with E-state index in [0.29, 0.717) is 19.4 Å². The second-order valence-electron chi connectivity index (χ2n) is 9.14. The largest absolute Gasteiger partial charge is 0.508 e. The fourth-order valence-corrected chi connectivity index (χ4v) is 3.75. The quantitative estimate of drug-likeness (QED) is 0.159. The third-order valence-corrected chi connectivity index (χ3v) is 5.96. The molecule has 4 unspecified atom stereocenters. The predicted molar refractivity (Wildman–Crippen MR) is 142 cm³/mol. The number of aromatic hydroxyl groups is 1. The number of hydrogen-bond donors (Lipinski definition) is 7. The number of hydrogen-bond acceptors (Lipinski definition) is 7. The molecule has 11 nitrogen and oxygen atoms in total. The van der Waals surface area contributed by atoms with Crippen molar-refractivity contribution in [3.05, 3.63) is 65.7 Å². The lowest BCUT2D eigenvalue weighted by molar-refractivity contribution is -0.142. The fraction of sp³-hybridized carbons (Fsp3) is 0.407. The smallest absolute Gasteiger partial charge is 0.326 e. The van der Waals surface area contributed by atoms with Crippen LogP contribution >= 0.6 is 0 Å². The van der Waals surface area contributed by atoms with E-state index in [4.69, 9.17) is 11.5 Å². The number of unbranched alkanes of at least 4 members (excludes halogenated alkanes) is 1. The topological polar surface area (TPSA) is 197 Å². The van der Waals surface area contributed by atoms with Gasteiger partial charge in [0.15, 0.2) is 0 Å². The van der Waals surface area contributed by atoms with Crippen molar-refractivity contribution in [1.82, 2.24) is 16.0 Å². The summed E-state index contributed by atoms with van der Waals surface area (Å²) in [7, 11) is 0. The first kappa shape index (κ1) is 30.3. The average molecular weight is 528 g/mol. The van der Waals surface area contributed by atoms with Crippen LogP contribution in [0.15, 0.2) is 54.6 Å². The summed E-state index contributed by atoms with van der Waals surface area (Å²) >= 11 is 0. The molecule has 4 atom stereocenters. The molecule has 2 rings (SSSR count). The summed E-state index contributed by atoms with van der Waals surface area (Å²) in [4.78, 5) is 50.1. The number of rotatable bonds is 15. The molecule has 0 aliphatic rings. The molecule has 11 heteroatoms. The minimum atomic E-state index is -1.20. The van der Waals surface area contributed by atoms with Gasteiger partial charge in [-0.25, -0.2) is 4.79 Å². The second-order valence-corrected chi connectivity index (χ2v) is 9.14. The monoisotopic (exact) mass is 527 g/mol. The van der Waals surface area contributed by atoms with Crippen molar-refractivity contribution in [2.24, 2.45) is 11.5 Å². The number of phenolic OH excluding ortho intramolecular Hbond substituents is 1. The molecule has 0 saturated carbocycles. The summed E-state index contributed by atoms with van der Waals surface area (Å²) < 4.78 is 0. The highest BCUT2D eigenvalue weighted by Gasteiger charge is 2.28. The first-order chi connectivity index (χ1) is 18.1. The van der Waals surface area contributed by atoms with Gasteiger partial charge < -0.3 is 37.6 Å². The Morgan fingerprint density at radius 3 is 2.00 bits per heavy atom. The zero-order chi connectivity index (χ0) is 28.1. The van der Waals surface area contributed by atoms with E-state index in [1.54, 1.807) is 42.5 Å². The van der Waals surface area contributed by atoms with E-state index in [0.717, 1.165) is 11.1 Å². The van der Waals surface area contributed by atoms with E-state index >= 15 is 0 Å². The summed E-state index contributed by atoms with van der Waals surface area (Å²) in [5, 5.41) is 26.6. The highest BCUT2D eigenvalue weighted by molar-refractivity contribution is 5.94. The molecule has 0 bridgehead atoms.